The third-order valence-corrected chi connectivity index (χ3v) is 4.26. The standard InChI is InChI=1S/C11H16F3N3OS/c12-11(13,14)9-15-16-10(19-9)17(6-7-18)8-4-2-1-3-5-8/h8,18H,1-7H2. The minimum absolute atomic E-state index is 0.0998. The van der Waals surface area contributed by atoms with Gasteiger partial charge in [0.25, 0.3) is 0 Å². The number of rotatable bonds is 4. The van der Waals surface area contributed by atoms with E-state index in [1.807, 2.05) is 0 Å². The average molecular weight is 295 g/mol. The molecule has 1 saturated carbocycles. The topological polar surface area (TPSA) is 49.2 Å². The molecule has 0 saturated heterocycles. The molecule has 0 radical (unpaired) electrons. The number of halogens is 3. The maximum Gasteiger partial charge on any atom is 0.445 e. The first kappa shape index (κ1) is 14.5. The molecule has 108 valence electrons. The molecule has 0 unspecified atom stereocenters. The summed E-state index contributed by atoms with van der Waals surface area (Å²) in [4.78, 5) is 1.77. The van der Waals surface area contributed by atoms with Crippen LogP contribution in [0.3, 0.4) is 0 Å². The second-order valence-electron chi connectivity index (χ2n) is 4.60. The Labute approximate surface area is 113 Å². The molecule has 2 rings (SSSR count). The fraction of sp³-hybridized carbons (Fsp3) is 0.818. The van der Waals surface area contributed by atoms with E-state index < -0.39 is 11.2 Å². The van der Waals surface area contributed by atoms with Crippen LogP contribution in [0.4, 0.5) is 18.3 Å². The van der Waals surface area contributed by atoms with Gasteiger partial charge in [-0.05, 0) is 12.8 Å². The van der Waals surface area contributed by atoms with E-state index in [4.69, 9.17) is 5.11 Å². The summed E-state index contributed by atoms with van der Waals surface area (Å²) in [7, 11) is 0. The molecule has 0 atom stereocenters. The highest BCUT2D eigenvalue weighted by Gasteiger charge is 2.36. The zero-order chi connectivity index (χ0) is 13.9. The molecule has 0 aromatic carbocycles. The van der Waals surface area contributed by atoms with Crippen LogP contribution in [-0.4, -0.2) is 34.5 Å². The second kappa shape index (κ2) is 6.04. The van der Waals surface area contributed by atoms with Crippen molar-refractivity contribution >= 4 is 16.5 Å². The molecule has 0 bridgehead atoms. The first-order valence-electron chi connectivity index (χ1n) is 6.30. The van der Waals surface area contributed by atoms with Crippen LogP contribution in [-0.2, 0) is 6.18 Å². The van der Waals surface area contributed by atoms with Gasteiger partial charge >= 0.3 is 6.18 Å². The van der Waals surface area contributed by atoms with Gasteiger partial charge in [0.15, 0.2) is 0 Å². The number of nitrogens with zero attached hydrogens (tertiary/aromatic N) is 3. The van der Waals surface area contributed by atoms with E-state index >= 15 is 0 Å². The van der Waals surface area contributed by atoms with Gasteiger partial charge < -0.3 is 10.0 Å². The maximum absolute atomic E-state index is 12.5. The summed E-state index contributed by atoms with van der Waals surface area (Å²) in [5.41, 5.74) is 0. The molecular weight excluding hydrogens is 279 g/mol. The zero-order valence-corrected chi connectivity index (χ0v) is 11.2. The average Bonchev–Trinajstić information content (AvgIpc) is 2.86. The lowest BCUT2D eigenvalue weighted by molar-refractivity contribution is -0.138. The Kier molecular flexibility index (Phi) is 4.62. The zero-order valence-electron chi connectivity index (χ0n) is 10.4. The van der Waals surface area contributed by atoms with Crippen molar-refractivity contribution in [2.24, 2.45) is 0 Å². The van der Waals surface area contributed by atoms with Crippen molar-refractivity contribution in [1.82, 2.24) is 10.2 Å². The molecule has 1 aliphatic rings. The Morgan fingerprint density at radius 1 is 1.21 bits per heavy atom. The van der Waals surface area contributed by atoms with Gasteiger partial charge in [-0.1, -0.05) is 30.6 Å². The molecule has 0 aliphatic heterocycles. The Bertz CT molecular complexity index is 404. The van der Waals surface area contributed by atoms with Crippen LogP contribution in [0.15, 0.2) is 0 Å². The number of aliphatic hydroxyl groups excluding tert-OH is 1. The highest BCUT2D eigenvalue weighted by Crippen LogP contribution is 2.36. The molecule has 1 N–H and O–H groups in total. The normalized spacial score (nSPS) is 17.7. The lowest BCUT2D eigenvalue weighted by atomic mass is 9.94. The number of alkyl halides is 3. The molecule has 4 nitrogen and oxygen atoms in total. The molecule has 19 heavy (non-hydrogen) atoms. The maximum atomic E-state index is 12.5. The number of aromatic nitrogens is 2. The summed E-state index contributed by atoms with van der Waals surface area (Å²) >= 11 is 0.549. The van der Waals surface area contributed by atoms with Gasteiger partial charge in [-0.3, -0.25) is 0 Å². The van der Waals surface area contributed by atoms with E-state index in [9.17, 15) is 13.2 Å². The van der Waals surface area contributed by atoms with E-state index in [1.54, 1.807) is 4.90 Å². The molecule has 1 fully saturated rings. The molecule has 0 spiro atoms. The molecule has 1 aromatic heterocycles. The van der Waals surface area contributed by atoms with Crippen molar-refractivity contribution in [3.63, 3.8) is 0 Å². The summed E-state index contributed by atoms with van der Waals surface area (Å²) in [5.74, 6) is 0. The third kappa shape index (κ3) is 3.56. The van der Waals surface area contributed by atoms with Gasteiger partial charge in [0.05, 0.1) is 6.61 Å². The fourth-order valence-electron chi connectivity index (χ4n) is 2.38. The van der Waals surface area contributed by atoms with Crippen molar-refractivity contribution in [2.45, 2.75) is 44.3 Å². The first-order valence-corrected chi connectivity index (χ1v) is 7.12. The molecule has 0 amide bonds. The summed E-state index contributed by atoms with van der Waals surface area (Å²) < 4.78 is 37.6. The molecule has 1 aliphatic carbocycles. The van der Waals surface area contributed by atoms with E-state index in [-0.39, 0.29) is 17.8 Å². The van der Waals surface area contributed by atoms with Crippen LogP contribution in [0.25, 0.3) is 0 Å². The van der Waals surface area contributed by atoms with Crippen LogP contribution in [0, 0.1) is 0 Å². The minimum Gasteiger partial charge on any atom is -0.395 e. The van der Waals surface area contributed by atoms with Gasteiger partial charge in [-0.15, -0.1) is 10.2 Å². The summed E-state index contributed by atoms with van der Waals surface area (Å²) in [6.45, 7) is 0.203. The predicted molar refractivity (Wildman–Crippen MR) is 66.2 cm³/mol. The smallest absolute Gasteiger partial charge is 0.395 e. The summed E-state index contributed by atoms with van der Waals surface area (Å²) in [5, 5.41) is 15.3. The molecular formula is C11H16F3N3OS. The Hall–Kier alpha value is -0.890. The quantitative estimate of drug-likeness (QED) is 0.928. The van der Waals surface area contributed by atoms with Crippen molar-refractivity contribution in [1.29, 1.82) is 0 Å². The lowest BCUT2D eigenvalue weighted by Crippen LogP contribution is -2.38. The Morgan fingerprint density at radius 2 is 1.89 bits per heavy atom. The van der Waals surface area contributed by atoms with Crippen molar-refractivity contribution in [3.05, 3.63) is 5.01 Å². The van der Waals surface area contributed by atoms with E-state index in [2.05, 4.69) is 10.2 Å². The molecule has 1 heterocycles. The number of hydrogen-bond acceptors (Lipinski definition) is 5. The van der Waals surface area contributed by atoms with Crippen LogP contribution in [0.1, 0.15) is 37.1 Å². The van der Waals surface area contributed by atoms with Crippen LogP contribution in [0.2, 0.25) is 0 Å². The van der Waals surface area contributed by atoms with Crippen molar-refractivity contribution in [2.75, 3.05) is 18.1 Å². The van der Waals surface area contributed by atoms with Crippen LogP contribution >= 0.6 is 11.3 Å². The van der Waals surface area contributed by atoms with Crippen LogP contribution < -0.4 is 4.90 Å². The minimum atomic E-state index is -4.45. The van der Waals surface area contributed by atoms with Gasteiger partial charge in [0.2, 0.25) is 10.1 Å². The number of anilines is 1. The lowest BCUT2D eigenvalue weighted by Gasteiger charge is -2.33. The van der Waals surface area contributed by atoms with Gasteiger partial charge in [0.1, 0.15) is 0 Å². The van der Waals surface area contributed by atoms with Crippen molar-refractivity contribution in [3.8, 4) is 0 Å². The number of hydrogen-bond donors (Lipinski definition) is 1. The van der Waals surface area contributed by atoms with E-state index in [1.165, 1.54) is 0 Å². The Balaban J connectivity index is 2.16. The van der Waals surface area contributed by atoms with Crippen LogP contribution in [0.5, 0.6) is 0 Å². The fourth-order valence-corrected chi connectivity index (χ4v) is 3.19. The van der Waals surface area contributed by atoms with Gasteiger partial charge in [0, 0.05) is 12.6 Å². The molecule has 1 aromatic rings. The largest absolute Gasteiger partial charge is 0.445 e. The highest BCUT2D eigenvalue weighted by atomic mass is 32.1. The SMILES string of the molecule is OCCN(c1nnc(C(F)(F)F)s1)C1CCCCC1. The first-order chi connectivity index (χ1) is 9.02. The molecule has 8 heteroatoms. The summed E-state index contributed by atoms with van der Waals surface area (Å²) in [6, 6.07) is 0.162. The van der Waals surface area contributed by atoms with Crippen molar-refractivity contribution < 1.29 is 18.3 Å². The highest BCUT2D eigenvalue weighted by molar-refractivity contribution is 7.15. The predicted octanol–water partition coefficient (Wildman–Crippen LogP) is 2.69. The monoisotopic (exact) mass is 295 g/mol. The van der Waals surface area contributed by atoms with Gasteiger partial charge in [-0.2, -0.15) is 13.2 Å². The van der Waals surface area contributed by atoms with E-state index in [0.717, 1.165) is 32.1 Å². The Morgan fingerprint density at radius 3 is 2.42 bits per heavy atom. The summed E-state index contributed by atoms with van der Waals surface area (Å²) in [6.07, 6.45) is 0.706. The number of aliphatic hydroxyl groups is 1. The van der Waals surface area contributed by atoms with Gasteiger partial charge in [-0.25, -0.2) is 0 Å². The van der Waals surface area contributed by atoms with E-state index in [0.29, 0.717) is 17.9 Å². The third-order valence-electron chi connectivity index (χ3n) is 3.26. The second-order valence-corrected chi connectivity index (χ2v) is 5.55.